The van der Waals surface area contributed by atoms with Crippen molar-refractivity contribution < 1.29 is 27.4 Å². The molecule has 1 aromatic rings. The lowest BCUT2D eigenvalue weighted by Gasteiger charge is -2.25. The van der Waals surface area contributed by atoms with Gasteiger partial charge in [-0.05, 0) is 42.7 Å². The fourth-order valence-corrected chi connectivity index (χ4v) is 4.07. The molecule has 1 heterocycles. The summed E-state index contributed by atoms with van der Waals surface area (Å²) in [5, 5.41) is -0.358. The Morgan fingerprint density at radius 3 is 2.57 bits per heavy atom. The monoisotopic (exact) mass is 350 g/mol. The maximum Gasteiger partial charge on any atom is 0.420 e. The molecule has 130 valence electrons. The summed E-state index contributed by atoms with van der Waals surface area (Å²) in [4.78, 5) is 0. The second kappa shape index (κ2) is 7.66. The SMILES string of the molecule is CCOCC1SCCCc2cc(OC)c(OC)c(C(F)(F)F)c21. The lowest BCUT2D eigenvalue weighted by Crippen LogP contribution is -2.17. The Bertz CT molecular complexity index is 546. The van der Waals surface area contributed by atoms with Gasteiger partial charge in [-0.25, -0.2) is 0 Å². The first-order chi connectivity index (χ1) is 10.9. The molecule has 0 bridgehead atoms. The normalized spacial score (nSPS) is 18.3. The highest BCUT2D eigenvalue weighted by Gasteiger charge is 2.42. The molecule has 0 spiro atoms. The van der Waals surface area contributed by atoms with Crippen LogP contribution in [0.5, 0.6) is 11.5 Å². The Morgan fingerprint density at radius 2 is 2.00 bits per heavy atom. The number of hydrogen-bond acceptors (Lipinski definition) is 4. The smallest absolute Gasteiger partial charge is 0.420 e. The Balaban J connectivity index is 2.68. The number of thioether (sulfide) groups is 1. The molecule has 2 rings (SSSR count). The minimum absolute atomic E-state index is 0.126. The van der Waals surface area contributed by atoms with Crippen LogP contribution in [-0.2, 0) is 17.3 Å². The van der Waals surface area contributed by atoms with E-state index < -0.39 is 11.7 Å². The summed E-state index contributed by atoms with van der Waals surface area (Å²) in [5.74, 6) is 0.678. The Kier molecular flexibility index (Phi) is 6.08. The molecule has 0 aliphatic carbocycles. The first kappa shape index (κ1) is 18.3. The van der Waals surface area contributed by atoms with E-state index in [0.717, 1.165) is 12.2 Å². The van der Waals surface area contributed by atoms with Crippen LogP contribution in [0.15, 0.2) is 6.07 Å². The molecule has 0 amide bonds. The van der Waals surface area contributed by atoms with Gasteiger partial charge in [-0.1, -0.05) is 0 Å². The van der Waals surface area contributed by atoms with E-state index in [0.29, 0.717) is 18.6 Å². The molecule has 1 aliphatic heterocycles. The van der Waals surface area contributed by atoms with Crippen molar-refractivity contribution in [2.75, 3.05) is 33.2 Å². The zero-order valence-electron chi connectivity index (χ0n) is 13.5. The molecule has 1 unspecified atom stereocenters. The van der Waals surface area contributed by atoms with Gasteiger partial charge in [-0.3, -0.25) is 0 Å². The van der Waals surface area contributed by atoms with Gasteiger partial charge in [0.15, 0.2) is 11.5 Å². The molecule has 23 heavy (non-hydrogen) atoms. The van der Waals surface area contributed by atoms with Gasteiger partial charge >= 0.3 is 6.18 Å². The van der Waals surface area contributed by atoms with Crippen molar-refractivity contribution in [3.8, 4) is 11.5 Å². The van der Waals surface area contributed by atoms with Crippen LogP contribution in [0.3, 0.4) is 0 Å². The number of halogens is 3. The third-order valence-corrected chi connectivity index (χ3v) is 5.08. The molecule has 1 atom stereocenters. The molecule has 1 aromatic carbocycles. The van der Waals surface area contributed by atoms with E-state index in [1.807, 2.05) is 6.92 Å². The van der Waals surface area contributed by atoms with Crippen LogP contribution in [0.2, 0.25) is 0 Å². The van der Waals surface area contributed by atoms with Gasteiger partial charge in [-0.2, -0.15) is 24.9 Å². The van der Waals surface area contributed by atoms with Crippen LogP contribution >= 0.6 is 11.8 Å². The fourth-order valence-electron chi connectivity index (χ4n) is 2.85. The van der Waals surface area contributed by atoms with Gasteiger partial charge in [0.1, 0.15) is 5.56 Å². The number of benzene rings is 1. The van der Waals surface area contributed by atoms with Crippen LogP contribution in [0.25, 0.3) is 0 Å². The highest BCUT2D eigenvalue weighted by molar-refractivity contribution is 7.99. The summed E-state index contributed by atoms with van der Waals surface area (Å²) in [6, 6.07) is 1.67. The van der Waals surface area contributed by atoms with Crippen LogP contribution in [0, 0.1) is 0 Å². The maximum absolute atomic E-state index is 13.8. The van der Waals surface area contributed by atoms with Gasteiger partial charge in [0, 0.05) is 6.61 Å². The summed E-state index contributed by atoms with van der Waals surface area (Å²) in [6.45, 7) is 2.56. The number of alkyl halides is 3. The predicted octanol–water partition coefficient (Wildman–Crippen LogP) is 4.48. The molecular formula is C16H21F3O3S. The van der Waals surface area contributed by atoms with Crippen molar-refractivity contribution in [2.45, 2.75) is 31.2 Å². The lowest BCUT2D eigenvalue weighted by molar-refractivity contribution is -0.139. The summed E-state index contributed by atoms with van der Waals surface area (Å²) in [5.41, 5.74) is 0.226. The van der Waals surface area contributed by atoms with E-state index in [9.17, 15) is 13.2 Å². The van der Waals surface area contributed by atoms with Crippen molar-refractivity contribution in [3.05, 3.63) is 22.8 Å². The van der Waals surface area contributed by atoms with Gasteiger partial charge in [0.25, 0.3) is 0 Å². The molecule has 0 radical (unpaired) electrons. The Hall–Kier alpha value is -1.08. The van der Waals surface area contributed by atoms with Gasteiger partial charge in [0.05, 0.1) is 26.1 Å². The lowest BCUT2D eigenvalue weighted by atomic mass is 9.93. The summed E-state index contributed by atoms with van der Waals surface area (Å²) < 4.78 is 57.0. The van der Waals surface area contributed by atoms with Crippen molar-refractivity contribution in [3.63, 3.8) is 0 Å². The summed E-state index contributed by atoms with van der Waals surface area (Å²) >= 11 is 1.51. The minimum Gasteiger partial charge on any atom is -0.493 e. The highest BCUT2D eigenvalue weighted by atomic mass is 32.2. The Labute approximate surface area is 138 Å². The number of methoxy groups -OCH3 is 2. The molecule has 3 nitrogen and oxygen atoms in total. The molecule has 0 N–H and O–H groups in total. The van der Waals surface area contributed by atoms with Gasteiger partial charge in [-0.15, -0.1) is 0 Å². The van der Waals surface area contributed by atoms with E-state index in [4.69, 9.17) is 14.2 Å². The third kappa shape index (κ3) is 3.88. The van der Waals surface area contributed by atoms with E-state index in [2.05, 4.69) is 0 Å². The predicted molar refractivity (Wildman–Crippen MR) is 84.6 cm³/mol. The zero-order valence-corrected chi connectivity index (χ0v) is 14.3. The fraction of sp³-hybridized carbons (Fsp3) is 0.625. The standard InChI is InChI=1S/C16H21F3O3S/c1-4-22-9-12-13-10(6-5-7-23-12)8-11(20-2)15(21-3)14(13)16(17,18)19/h8,12H,4-7,9H2,1-3H3. The van der Waals surface area contributed by atoms with Crippen LogP contribution in [-0.4, -0.2) is 33.2 Å². The topological polar surface area (TPSA) is 27.7 Å². The molecular weight excluding hydrogens is 329 g/mol. The zero-order chi connectivity index (χ0) is 17.0. The maximum atomic E-state index is 13.8. The van der Waals surface area contributed by atoms with Crippen molar-refractivity contribution in [2.24, 2.45) is 0 Å². The second-order valence-electron chi connectivity index (χ2n) is 5.18. The highest BCUT2D eigenvalue weighted by Crippen LogP contribution is 2.50. The number of hydrogen-bond donors (Lipinski definition) is 0. The van der Waals surface area contributed by atoms with Crippen LogP contribution in [0.1, 0.15) is 35.3 Å². The van der Waals surface area contributed by atoms with E-state index in [1.165, 1.54) is 26.0 Å². The van der Waals surface area contributed by atoms with Crippen LogP contribution < -0.4 is 9.47 Å². The molecule has 0 saturated heterocycles. The van der Waals surface area contributed by atoms with E-state index in [1.54, 1.807) is 6.07 Å². The molecule has 0 fully saturated rings. The van der Waals surface area contributed by atoms with Crippen molar-refractivity contribution >= 4 is 11.8 Å². The molecule has 0 saturated carbocycles. The molecule has 0 aromatic heterocycles. The number of ether oxygens (including phenoxy) is 3. The summed E-state index contributed by atoms with van der Waals surface area (Å²) in [7, 11) is 2.59. The van der Waals surface area contributed by atoms with Crippen molar-refractivity contribution in [1.82, 2.24) is 0 Å². The van der Waals surface area contributed by atoms with Crippen LogP contribution in [0.4, 0.5) is 13.2 Å². The number of fused-ring (bicyclic) bond motifs is 1. The van der Waals surface area contributed by atoms with Crippen molar-refractivity contribution in [1.29, 1.82) is 0 Å². The second-order valence-corrected chi connectivity index (χ2v) is 6.49. The van der Waals surface area contributed by atoms with Gasteiger partial charge < -0.3 is 14.2 Å². The third-order valence-electron chi connectivity index (χ3n) is 3.78. The van der Waals surface area contributed by atoms with E-state index in [-0.39, 0.29) is 28.9 Å². The number of rotatable bonds is 5. The molecule has 7 heteroatoms. The quantitative estimate of drug-likeness (QED) is 0.783. The first-order valence-electron chi connectivity index (χ1n) is 7.48. The average molecular weight is 350 g/mol. The first-order valence-corrected chi connectivity index (χ1v) is 8.53. The average Bonchev–Trinajstić information content (AvgIpc) is 2.71. The molecule has 1 aliphatic rings. The van der Waals surface area contributed by atoms with Gasteiger partial charge in [0.2, 0.25) is 0 Å². The minimum atomic E-state index is -4.51. The Morgan fingerprint density at radius 1 is 1.26 bits per heavy atom. The van der Waals surface area contributed by atoms with E-state index >= 15 is 0 Å². The largest absolute Gasteiger partial charge is 0.493 e. The summed E-state index contributed by atoms with van der Waals surface area (Å²) in [6.07, 6.45) is -3.10. The number of aryl methyl sites for hydroxylation is 1.